The zero-order valence-electron chi connectivity index (χ0n) is 24.2. The van der Waals surface area contributed by atoms with Crippen molar-refractivity contribution in [1.29, 1.82) is 0 Å². The number of carbonyl (C=O) groups is 4. The summed E-state index contributed by atoms with van der Waals surface area (Å²) in [6.45, 7) is 7.51. The quantitative estimate of drug-likeness (QED) is 0.194. The lowest BCUT2D eigenvalue weighted by molar-refractivity contribution is -0.697. The third-order valence-corrected chi connectivity index (χ3v) is 8.26. The maximum absolute atomic E-state index is 13.6. The van der Waals surface area contributed by atoms with Crippen LogP contribution in [0.2, 0.25) is 0 Å². The number of aryl methyl sites for hydroxylation is 2. The van der Waals surface area contributed by atoms with Crippen molar-refractivity contribution in [1.82, 2.24) is 18.9 Å². The number of imidazole rings is 2. The Kier molecular flexibility index (Phi) is 7.45. The van der Waals surface area contributed by atoms with Gasteiger partial charge in [0.1, 0.15) is 37.9 Å². The summed E-state index contributed by atoms with van der Waals surface area (Å²) in [7, 11) is 0. The van der Waals surface area contributed by atoms with Gasteiger partial charge in [-0.25, -0.2) is 18.3 Å². The molecule has 0 atom stereocenters. The van der Waals surface area contributed by atoms with E-state index in [-0.39, 0.29) is 13.1 Å². The van der Waals surface area contributed by atoms with Crippen LogP contribution in [0.1, 0.15) is 81.0 Å². The number of benzene rings is 2. The molecule has 4 heterocycles. The molecule has 0 N–H and O–H groups in total. The van der Waals surface area contributed by atoms with E-state index in [0.717, 1.165) is 38.8 Å². The topological polar surface area (TPSA) is 92.4 Å². The van der Waals surface area contributed by atoms with Gasteiger partial charge in [-0.05, 0) is 37.1 Å². The number of imide groups is 2. The Balaban J connectivity index is 1.23. The minimum atomic E-state index is -0.409. The lowest BCUT2D eigenvalue weighted by Gasteiger charge is -2.31. The van der Waals surface area contributed by atoms with Crippen molar-refractivity contribution < 1.29 is 28.3 Å². The van der Waals surface area contributed by atoms with Gasteiger partial charge in [-0.1, -0.05) is 26.7 Å². The van der Waals surface area contributed by atoms with Crippen LogP contribution in [0.15, 0.2) is 61.7 Å². The highest BCUT2D eigenvalue weighted by molar-refractivity contribution is 6.33. The molecule has 4 amide bonds. The summed E-state index contributed by atoms with van der Waals surface area (Å²) < 4.78 is 8.13. The van der Waals surface area contributed by atoms with E-state index in [1.807, 2.05) is 46.6 Å². The molecule has 2 aliphatic heterocycles. The van der Waals surface area contributed by atoms with Crippen molar-refractivity contribution in [2.75, 3.05) is 13.1 Å². The summed E-state index contributed by atoms with van der Waals surface area (Å²) in [6, 6.07) is 6.48. The minimum absolute atomic E-state index is 0.216. The van der Waals surface area contributed by atoms with Crippen molar-refractivity contribution in [3.05, 3.63) is 84.0 Å². The first-order valence-corrected chi connectivity index (χ1v) is 14.8. The zero-order valence-corrected chi connectivity index (χ0v) is 24.2. The average Bonchev–Trinajstić information content (AvgIpc) is 3.65. The van der Waals surface area contributed by atoms with Gasteiger partial charge in [0.25, 0.3) is 23.6 Å². The highest BCUT2D eigenvalue weighted by Gasteiger charge is 2.39. The summed E-state index contributed by atoms with van der Waals surface area (Å²) in [4.78, 5) is 56.8. The predicted molar refractivity (Wildman–Crippen MR) is 154 cm³/mol. The Morgan fingerprint density at radius 1 is 0.548 bits per heavy atom. The predicted octanol–water partition coefficient (Wildman–Crippen LogP) is 3.21. The number of hydrogen-bond acceptors (Lipinski definition) is 4. The number of hydrogen-bond donors (Lipinski definition) is 0. The van der Waals surface area contributed by atoms with E-state index in [2.05, 4.69) is 23.0 Å². The number of unbranched alkanes of at least 4 members (excludes halogenated alkanes) is 2. The lowest BCUT2D eigenvalue weighted by Crippen LogP contribution is -2.44. The third-order valence-electron chi connectivity index (χ3n) is 8.26. The van der Waals surface area contributed by atoms with Crippen molar-refractivity contribution in [2.24, 2.45) is 0 Å². The minimum Gasteiger partial charge on any atom is -0.270 e. The van der Waals surface area contributed by atoms with Crippen LogP contribution in [0.5, 0.6) is 0 Å². The SMILES string of the molecule is CCCC[n+]1ccn(CCN2C(=O)c3ccc4c5c(ccc(c35)C2=O)C(=O)N(CCn2cc[n+](CCCC)c2)C4=O)c1. The highest BCUT2D eigenvalue weighted by Crippen LogP contribution is 2.37. The van der Waals surface area contributed by atoms with E-state index in [1.165, 1.54) is 9.80 Å². The number of rotatable bonds is 12. The second kappa shape index (κ2) is 11.3. The summed E-state index contributed by atoms with van der Waals surface area (Å²) in [5, 5.41) is 0.802. The summed E-state index contributed by atoms with van der Waals surface area (Å²) in [5.74, 6) is -1.64. The smallest absolute Gasteiger partial charge is 0.261 e. The Hall–Kier alpha value is -4.60. The van der Waals surface area contributed by atoms with Gasteiger partial charge >= 0.3 is 0 Å². The number of aromatic nitrogens is 4. The van der Waals surface area contributed by atoms with Crippen LogP contribution in [0.3, 0.4) is 0 Å². The summed E-state index contributed by atoms with van der Waals surface area (Å²) >= 11 is 0. The Morgan fingerprint density at radius 2 is 0.905 bits per heavy atom. The number of nitrogens with zero attached hydrogens (tertiary/aromatic N) is 6. The van der Waals surface area contributed by atoms with E-state index >= 15 is 0 Å². The van der Waals surface area contributed by atoms with Crippen molar-refractivity contribution in [3.8, 4) is 0 Å². The second-order valence-electron chi connectivity index (χ2n) is 11.1. The molecule has 4 aromatic rings. The molecule has 42 heavy (non-hydrogen) atoms. The van der Waals surface area contributed by atoms with Crippen molar-refractivity contribution in [2.45, 2.75) is 65.7 Å². The fourth-order valence-electron chi connectivity index (χ4n) is 5.90. The normalized spacial score (nSPS) is 14.5. The summed E-state index contributed by atoms with van der Waals surface area (Å²) in [6.07, 6.45) is 16.2. The zero-order chi connectivity index (χ0) is 29.4. The third kappa shape index (κ3) is 4.80. The van der Waals surface area contributed by atoms with Crippen molar-refractivity contribution in [3.63, 3.8) is 0 Å². The molecule has 2 aromatic heterocycles. The molecule has 10 heteroatoms. The maximum Gasteiger partial charge on any atom is 0.261 e. The first-order chi connectivity index (χ1) is 20.4. The van der Waals surface area contributed by atoms with Gasteiger partial charge in [-0.2, -0.15) is 0 Å². The van der Waals surface area contributed by atoms with Crippen LogP contribution in [-0.4, -0.2) is 55.7 Å². The lowest BCUT2D eigenvalue weighted by atomic mass is 9.86. The van der Waals surface area contributed by atoms with Crippen LogP contribution in [0.4, 0.5) is 0 Å². The first-order valence-electron chi connectivity index (χ1n) is 14.8. The second-order valence-corrected chi connectivity index (χ2v) is 11.1. The fraction of sp³-hybridized carbons (Fsp3) is 0.375. The Bertz CT molecular complexity index is 1520. The molecule has 0 bridgehead atoms. The van der Waals surface area contributed by atoms with Crippen LogP contribution >= 0.6 is 0 Å². The van der Waals surface area contributed by atoms with Gasteiger partial charge in [0, 0.05) is 33.0 Å². The molecule has 6 rings (SSSR count). The van der Waals surface area contributed by atoms with E-state index < -0.39 is 23.6 Å². The van der Waals surface area contributed by atoms with Crippen LogP contribution < -0.4 is 9.13 Å². The van der Waals surface area contributed by atoms with E-state index in [0.29, 0.717) is 46.1 Å². The molecule has 0 spiro atoms. The molecule has 216 valence electrons. The molecule has 0 fully saturated rings. The largest absolute Gasteiger partial charge is 0.270 e. The van der Waals surface area contributed by atoms with E-state index in [9.17, 15) is 19.2 Å². The molecule has 10 nitrogen and oxygen atoms in total. The monoisotopic (exact) mass is 568 g/mol. The highest BCUT2D eigenvalue weighted by atomic mass is 16.2. The molecule has 0 radical (unpaired) electrons. The molecule has 0 aliphatic carbocycles. The summed E-state index contributed by atoms with van der Waals surface area (Å²) in [5.41, 5.74) is 1.37. The van der Waals surface area contributed by atoms with Crippen molar-refractivity contribution >= 4 is 34.4 Å². The van der Waals surface area contributed by atoms with Gasteiger partial charge in [-0.3, -0.25) is 29.0 Å². The molecule has 0 saturated carbocycles. The van der Waals surface area contributed by atoms with E-state index in [4.69, 9.17) is 0 Å². The van der Waals surface area contributed by atoms with E-state index in [1.54, 1.807) is 24.3 Å². The van der Waals surface area contributed by atoms with Crippen LogP contribution in [0, 0.1) is 0 Å². The van der Waals surface area contributed by atoms with Gasteiger partial charge in [0.05, 0.1) is 26.2 Å². The fourth-order valence-corrected chi connectivity index (χ4v) is 5.90. The van der Waals surface area contributed by atoms with Crippen LogP contribution in [0.25, 0.3) is 10.8 Å². The molecule has 0 unspecified atom stereocenters. The Morgan fingerprint density at radius 3 is 1.24 bits per heavy atom. The number of amides is 4. The molecule has 0 saturated heterocycles. The van der Waals surface area contributed by atoms with Gasteiger partial charge in [0.15, 0.2) is 0 Å². The van der Waals surface area contributed by atoms with Gasteiger partial charge < -0.3 is 0 Å². The maximum atomic E-state index is 13.6. The van der Waals surface area contributed by atoms with Gasteiger partial charge in [-0.15, -0.1) is 0 Å². The molecule has 2 aromatic carbocycles. The average molecular weight is 569 g/mol. The first kappa shape index (κ1) is 27.6. The number of carbonyl (C=O) groups excluding carboxylic acids is 4. The van der Waals surface area contributed by atoms with Gasteiger partial charge in [0.2, 0.25) is 12.7 Å². The molecule has 2 aliphatic rings. The standard InChI is InChI=1S/C32H36N6O4/c1-3-5-11-33-13-15-35(21-33)17-19-37-29(39)23-7-9-25-28-26(10-8-24(27(23)28)30(37)40)32(42)38(31(25)41)20-18-36-16-14-34(22-36)12-6-4-2/h7-10,13-16,21-22H,3-6,11-12,17-20H2,1-2H3/q+2. The molecular weight excluding hydrogens is 532 g/mol. The molecular formula is C32H36N6O4+2. The van der Waals surface area contributed by atoms with Crippen LogP contribution in [-0.2, 0) is 26.2 Å². The Labute approximate surface area is 244 Å².